The molecule has 0 fully saturated rings. The van der Waals surface area contributed by atoms with Crippen LogP contribution in [0.1, 0.15) is 21.7 Å². The third kappa shape index (κ3) is 4.10. The Morgan fingerprint density at radius 2 is 1.85 bits per heavy atom. The number of carbonyl (C=O) groups excluding carboxylic acids is 1. The fraction of sp³-hybridized carbons (Fsp3) is 0.200. The number of H-pyrrole nitrogens is 1. The quantitative estimate of drug-likeness (QED) is 0.437. The van der Waals surface area contributed by atoms with Crippen LogP contribution in [-0.2, 0) is 16.4 Å². The van der Waals surface area contributed by atoms with Gasteiger partial charge in [0, 0.05) is 23.9 Å². The number of nitrogens with two attached hydrogens (primary N) is 1. The number of aryl methyl sites for hydroxylation is 1. The summed E-state index contributed by atoms with van der Waals surface area (Å²) in [6.07, 6.45) is 1.14. The fourth-order valence-corrected chi connectivity index (χ4v) is 4.86. The molecule has 9 heteroatoms. The molecule has 5 rings (SSSR count). The molecule has 1 amide bonds. The van der Waals surface area contributed by atoms with Crippen LogP contribution < -0.4 is 10.5 Å². The zero-order valence-corrected chi connectivity index (χ0v) is 19.6. The molecule has 0 bridgehead atoms. The van der Waals surface area contributed by atoms with Crippen molar-refractivity contribution in [3.63, 3.8) is 0 Å². The first-order valence-corrected chi connectivity index (χ1v) is 12.7. The van der Waals surface area contributed by atoms with Crippen molar-refractivity contribution in [3.8, 4) is 16.9 Å². The predicted octanol–water partition coefficient (Wildman–Crippen LogP) is 3.56. The number of aromatic amines is 1. The van der Waals surface area contributed by atoms with E-state index in [4.69, 9.17) is 10.5 Å². The summed E-state index contributed by atoms with van der Waals surface area (Å²) in [4.78, 5) is 22.8. The monoisotopic (exact) mass is 476 g/mol. The summed E-state index contributed by atoms with van der Waals surface area (Å²) < 4.78 is 29.4. The molecule has 0 saturated carbocycles. The average Bonchev–Trinajstić information content (AvgIpc) is 3.03. The molecular weight excluding hydrogens is 452 g/mol. The van der Waals surface area contributed by atoms with E-state index in [0.717, 1.165) is 39.8 Å². The van der Waals surface area contributed by atoms with Crippen LogP contribution in [0.15, 0.2) is 59.5 Å². The summed E-state index contributed by atoms with van der Waals surface area (Å²) in [6, 6.07) is 15.8. The molecule has 0 unspecified atom stereocenters. The Morgan fingerprint density at radius 3 is 2.59 bits per heavy atom. The summed E-state index contributed by atoms with van der Waals surface area (Å²) in [5, 5.41) is 0. The van der Waals surface area contributed by atoms with E-state index in [2.05, 4.69) is 9.97 Å². The second-order valence-electron chi connectivity index (χ2n) is 8.48. The Labute approximate surface area is 197 Å². The second-order valence-corrected chi connectivity index (χ2v) is 10.5. The third-order valence-electron chi connectivity index (χ3n) is 5.91. The molecule has 3 N–H and O–H groups in total. The molecule has 3 aromatic carbocycles. The van der Waals surface area contributed by atoms with E-state index in [9.17, 15) is 13.2 Å². The Kier molecular flexibility index (Phi) is 5.28. The summed E-state index contributed by atoms with van der Waals surface area (Å²) >= 11 is 0. The largest absolute Gasteiger partial charge is 0.489 e. The lowest BCUT2D eigenvalue weighted by Gasteiger charge is -2.20. The highest BCUT2D eigenvalue weighted by molar-refractivity contribution is 7.90. The number of aromatic nitrogens is 2. The normalized spacial score (nSPS) is 13.9. The summed E-state index contributed by atoms with van der Waals surface area (Å²) in [6.45, 7) is 2.93. The highest BCUT2D eigenvalue weighted by Gasteiger charge is 2.23. The van der Waals surface area contributed by atoms with Gasteiger partial charge >= 0.3 is 0 Å². The zero-order chi connectivity index (χ0) is 24.0. The van der Waals surface area contributed by atoms with Crippen LogP contribution in [-0.4, -0.2) is 48.6 Å². The Morgan fingerprint density at radius 1 is 1.09 bits per heavy atom. The molecule has 4 aromatic rings. The van der Waals surface area contributed by atoms with Gasteiger partial charge < -0.3 is 20.4 Å². The van der Waals surface area contributed by atoms with Gasteiger partial charge in [0.25, 0.3) is 5.91 Å². The topological polar surface area (TPSA) is 118 Å². The lowest BCUT2D eigenvalue weighted by atomic mass is 10.00. The first kappa shape index (κ1) is 22.0. The van der Waals surface area contributed by atoms with Crippen molar-refractivity contribution in [2.24, 2.45) is 0 Å². The lowest BCUT2D eigenvalue weighted by molar-refractivity contribution is 0.0733. The molecule has 1 aromatic heterocycles. The average molecular weight is 477 g/mol. The number of rotatable bonds is 3. The van der Waals surface area contributed by atoms with Crippen LogP contribution in [0.25, 0.3) is 22.2 Å². The molecule has 0 saturated heterocycles. The molecule has 0 aliphatic carbocycles. The van der Waals surface area contributed by atoms with Crippen molar-refractivity contribution < 1.29 is 17.9 Å². The zero-order valence-electron chi connectivity index (χ0n) is 18.8. The van der Waals surface area contributed by atoms with Gasteiger partial charge in [-0.1, -0.05) is 6.07 Å². The summed E-state index contributed by atoms with van der Waals surface area (Å²) in [5.41, 5.74) is 11.8. The van der Waals surface area contributed by atoms with Gasteiger partial charge in [0.05, 0.1) is 28.2 Å². The van der Waals surface area contributed by atoms with Crippen molar-refractivity contribution >= 4 is 32.5 Å². The summed E-state index contributed by atoms with van der Waals surface area (Å²) in [7, 11) is -3.33. The van der Waals surface area contributed by atoms with Gasteiger partial charge in [-0.05, 0) is 66.6 Å². The van der Waals surface area contributed by atoms with Crippen molar-refractivity contribution in [3.05, 3.63) is 71.5 Å². The van der Waals surface area contributed by atoms with Crippen molar-refractivity contribution in [2.45, 2.75) is 18.4 Å². The van der Waals surface area contributed by atoms with Crippen LogP contribution >= 0.6 is 0 Å². The minimum atomic E-state index is -3.33. The molecule has 2 heterocycles. The maximum absolute atomic E-state index is 13.2. The third-order valence-corrected chi connectivity index (χ3v) is 7.04. The van der Waals surface area contributed by atoms with Crippen molar-refractivity contribution in [1.29, 1.82) is 0 Å². The maximum Gasteiger partial charge on any atom is 0.254 e. The van der Waals surface area contributed by atoms with Gasteiger partial charge in [0.15, 0.2) is 9.84 Å². The number of nitrogens with one attached hydrogen (secondary N) is 1. The molecule has 0 spiro atoms. The van der Waals surface area contributed by atoms with E-state index < -0.39 is 9.84 Å². The van der Waals surface area contributed by atoms with Crippen LogP contribution in [0.5, 0.6) is 5.75 Å². The number of benzene rings is 3. The number of anilines is 1. The van der Waals surface area contributed by atoms with Gasteiger partial charge in [0.1, 0.15) is 18.2 Å². The van der Waals surface area contributed by atoms with Crippen molar-refractivity contribution in [1.82, 2.24) is 14.9 Å². The number of hydrogen-bond acceptors (Lipinski definition) is 6. The van der Waals surface area contributed by atoms with Crippen LogP contribution in [0.3, 0.4) is 0 Å². The molecular formula is C25H24N4O4S. The molecule has 0 atom stereocenters. The number of sulfone groups is 1. The van der Waals surface area contributed by atoms with Gasteiger partial charge in [-0.25, -0.2) is 13.4 Å². The standard InChI is InChI=1S/C25H24N4O4S/c1-15-27-22-8-5-17(13-23(22)28-15)18-11-19-14-29(9-10-33-24(19)21(26)12-18)25(30)16-3-6-20(7-4-16)34(2,31)32/h3-8,11-13H,9-10,14,26H2,1-2H3,(H,27,28). The SMILES string of the molecule is Cc1nc2ccc(-c3cc(N)c4c(c3)CN(C(=O)c3ccc(S(C)(=O)=O)cc3)CCO4)cc2[nH]1. The molecule has 1 aliphatic heterocycles. The van der Waals surface area contributed by atoms with E-state index in [1.165, 1.54) is 24.3 Å². The Bertz CT molecular complexity index is 1520. The molecule has 34 heavy (non-hydrogen) atoms. The number of ether oxygens (including phenoxy) is 1. The number of nitrogen functional groups attached to an aromatic ring is 1. The van der Waals surface area contributed by atoms with Gasteiger partial charge in [-0.15, -0.1) is 0 Å². The molecule has 174 valence electrons. The minimum Gasteiger partial charge on any atom is -0.489 e. The smallest absolute Gasteiger partial charge is 0.254 e. The van der Waals surface area contributed by atoms with Crippen molar-refractivity contribution in [2.75, 3.05) is 25.1 Å². The van der Waals surface area contributed by atoms with Crippen LogP contribution in [0.4, 0.5) is 5.69 Å². The van der Waals surface area contributed by atoms with Gasteiger partial charge in [-0.3, -0.25) is 4.79 Å². The van der Waals surface area contributed by atoms with E-state index in [1.54, 1.807) is 4.90 Å². The van der Waals surface area contributed by atoms with E-state index >= 15 is 0 Å². The minimum absolute atomic E-state index is 0.176. The maximum atomic E-state index is 13.2. The van der Waals surface area contributed by atoms with Gasteiger partial charge in [0.2, 0.25) is 0 Å². The first-order chi connectivity index (χ1) is 16.2. The predicted molar refractivity (Wildman–Crippen MR) is 130 cm³/mol. The lowest BCUT2D eigenvalue weighted by Crippen LogP contribution is -2.32. The Hall–Kier alpha value is -3.85. The van der Waals surface area contributed by atoms with Gasteiger partial charge in [-0.2, -0.15) is 0 Å². The number of imidazole rings is 1. The van der Waals surface area contributed by atoms with E-state index in [-0.39, 0.29) is 10.8 Å². The van der Waals surface area contributed by atoms with E-state index in [1.807, 2.05) is 37.3 Å². The molecule has 8 nitrogen and oxygen atoms in total. The van der Waals surface area contributed by atoms with Crippen LogP contribution in [0.2, 0.25) is 0 Å². The number of nitrogens with zero attached hydrogens (tertiary/aromatic N) is 2. The number of fused-ring (bicyclic) bond motifs is 2. The fourth-order valence-electron chi connectivity index (χ4n) is 4.23. The van der Waals surface area contributed by atoms with Crippen LogP contribution in [0, 0.1) is 6.92 Å². The first-order valence-electron chi connectivity index (χ1n) is 10.8. The molecule has 1 aliphatic rings. The highest BCUT2D eigenvalue weighted by atomic mass is 32.2. The number of carbonyl (C=O) groups is 1. The second kappa shape index (κ2) is 8.18. The molecule has 0 radical (unpaired) electrons. The van der Waals surface area contributed by atoms with E-state index in [0.29, 0.717) is 36.7 Å². The number of amides is 1. The summed E-state index contributed by atoms with van der Waals surface area (Å²) in [5.74, 6) is 1.24. The Balaban J connectivity index is 1.47. The highest BCUT2D eigenvalue weighted by Crippen LogP contribution is 2.36. The number of hydrogen-bond donors (Lipinski definition) is 2.